The van der Waals surface area contributed by atoms with E-state index >= 15 is 0 Å². The van der Waals surface area contributed by atoms with Gasteiger partial charge in [-0.15, -0.1) is 0 Å². The molecule has 1 fully saturated rings. The van der Waals surface area contributed by atoms with Crippen LogP contribution in [0.1, 0.15) is 73.4 Å². The van der Waals surface area contributed by atoms with Crippen LogP contribution in [0.25, 0.3) is 0 Å². The molecule has 1 N–H and O–H groups in total. The average Bonchev–Trinajstić information content (AvgIpc) is 2.87. The van der Waals surface area contributed by atoms with Crippen LogP contribution in [-0.2, 0) is 22.6 Å². The van der Waals surface area contributed by atoms with Gasteiger partial charge in [0.25, 0.3) is 5.91 Å². The highest BCUT2D eigenvalue weighted by Gasteiger charge is 2.25. The molecule has 0 saturated carbocycles. The molecule has 4 rings (SSSR count). The third kappa shape index (κ3) is 7.58. The van der Waals surface area contributed by atoms with Gasteiger partial charge >= 0.3 is 0 Å². The van der Waals surface area contributed by atoms with Crippen molar-refractivity contribution < 1.29 is 23.1 Å². The molecule has 0 aliphatic carbocycles. The number of anilines is 1. The first kappa shape index (κ1) is 27.2. The molecule has 0 atom stereocenters. The summed E-state index contributed by atoms with van der Waals surface area (Å²) >= 11 is 0. The summed E-state index contributed by atoms with van der Waals surface area (Å²) in [6.45, 7) is 5.35. The molecule has 0 radical (unpaired) electrons. The van der Waals surface area contributed by atoms with Gasteiger partial charge in [-0.25, -0.2) is 8.78 Å². The summed E-state index contributed by atoms with van der Waals surface area (Å²) in [5, 5.41) is 2.77. The maximum absolute atomic E-state index is 13.5. The number of amides is 2. The number of nitrogens with one attached hydrogen (secondary N) is 1. The maximum atomic E-state index is 13.5. The molecule has 0 spiro atoms. The van der Waals surface area contributed by atoms with E-state index in [1.165, 1.54) is 12.1 Å². The number of nitrogens with zero attached hydrogens (tertiary/aromatic N) is 2. The Morgan fingerprint density at radius 1 is 0.946 bits per heavy atom. The van der Waals surface area contributed by atoms with Crippen molar-refractivity contribution in [3.63, 3.8) is 0 Å². The lowest BCUT2D eigenvalue weighted by molar-refractivity contribution is -0.116. The van der Waals surface area contributed by atoms with Crippen LogP contribution in [0.15, 0.2) is 36.4 Å². The molecule has 2 heterocycles. The van der Waals surface area contributed by atoms with Crippen molar-refractivity contribution in [2.45, 2.75) is 71.0 Å². The van der Waals surface area contributed by atoms with Gasteiger partial charge in [0, 0.05) is 63.1 Å². The number of halogens is 2. The van der Waals surface area contributed by atoms with Gasteiger partial charge in [-0.05, 0) is 73.7 Å². The van der Waals surface area contributed by atoms with E-state index in [9.17, 15) is 18.4 Å². The van der Waals surface area contributed by atoms with Crippen molar-refractivity contribution in [3.8, 4) is 0 Å². The van der Waals surface area contributed by atoms with Gasteiger partial charge in [0.15, 0.2) is 0 Å². The number of hydrogen-bond acceptors (Lipinski definition) is 4. The van der Waals surface area contributed by atoms with Crippen LogP contribution in [0, 0.1) is 11.6 Å². The van der Waals surface area contributed by atoms with Crippen molar-refractivity contribution in [2.24, 2.45) is 0 Å². The van der Waals surface area contributed by atoms with Crippen LogP contribution in [0.4, 0.5) is 14.5 Å². The van der Waals surface area contributed by atoms with Crippen LogP contribution in [0.5, 0.6) is 0 Å². The number of rotatable bonds is 4. The highest BCUT2D eigenvalue weighted by atomic mass is 19.1. The molecule has 2 aromatic carbocycles. The molecule has 2 aliphatic heterocycles. The molecule has 2 amide bonds. The van der Waals surface area contributed by atoms with E-state index in [2.05, 4.69) is 10.2 Å². The molecule has 0 aromatic heterocycles. The minimum absolute atomic E-state index is 0.0123. The summed E-state index contributed by atoms with van der Waals surface area (Å²) in [6, 6.07) is 9.07. The first-order valence-corrected chi connectivity index (χ1v) is 13.4. The fraction of sp³-hybridized carbons (Fsp3) is 0.517. The largest absolute Gasteiger partial charge is 0.381 e. The van der Waals surface area contributed by atoms with E-state index in [1.807, 2.05) is 17.0 Å². The highest BCUT2D eigenvalue weighted by Crippen LogP contribution is 2.28. The van der Waals surface area contributed by atoms with Crippen LogP contribution in [-0.4, -0.2) is 49.1 Å². The minimum Gasteiger partial charge on any atom is -0.381 e. The maximum Gasteiger partial charge on any atom is 0.251 e. The normalized spacial score (nSPS) is 18.4. The second kappa shape index (κ2) is 13.1. The number of benzene rings is 2. The lowest BCUT2D eigenvalue weighted by atomic mass is 10.0. The van der Waals surface area contributed by atoms with Crippen molar-refractivity contribution in [3.05, 3.63) is 64.7 Å². The number of carbonyl (C=O) groups excluding carboxylic acids is 2. The predicted molar refractivity (Wildman–Crippen MR) is 139 cm³/mol. The van der Waals surface area contributed by atoms with E-state index in [4.69, 9.17) is 4.74 Å². The first-order chi connectivity index (χ1) is 17.9. The number of hydrogen-bond donors (Lipinski definition) is 1. The summed E-state index contributed by atoms with van der Waals surface area (Å²) in [5.74, 6) is -1.70. The second-order valence-electron chi connectivity index (χ2n) is 10.1. The fourth-order valence-corrected chi connectivity index (χ4v) is 5.34. The summed E-state index contributed by atoms with van der Waals surface area (Å²) in [5.41, 5.74) is 2.59. The van der Waals surface area contributed by atoms with Crippen LogP contribution in [0.2, 0.25) is 0 Å². The zero-order valence-corrected chi connectivity index (χ0v) is 21.6. The Balaban J connectivity index is 1.61. The van der Waals surface area contributed by atoms with Gasteiger partial charge in [-0.1, -0.05) is 19.3 Å². The minimum atomic E-state index is -0.679. The van der Waals surface area contributed by atoms with E-state index in [-0.39, 0.29) is 18.4 Å². The van der Waals surface area contributed by atoms with Gasteiger partial charge in [0.1, 0.15) is 11.6 Å². The third-order valence-corrected chi connectivity index (χ3v) is 7.30. The number of fused-ring (bicyclic) bond motifs is 1. The van der Waals surface area contributed by atoms with E-state index in [0.717, 1.165) is 82.0 Å². The smallest absolute Gasteiger partial charge is 0.251 e. The monoisotopic (exact) mass is 513 g/mol. The third-order valence-electron chi connectivity index (χ3n) is 7.30. The quantitative estimate of drug-likeness (QED) is 0.611. The second-order valence-corrected chi connectivity index (χ2v) is 10.1. The Morgan fingerprint density at radius 2 is 1.62 bits per heavy atom. The molecular weight excluding hydrogens is 476 g/mol. The van der Waals surface area contributed by atoms with Crippen LogP contribution < -0.4 is 10.2 Å². The van der Waals surface area contributed by atoms with Crippen LogP contribution in [0.3, 0.4) is 0 Å². The van der Waals surface area contributed by atoms with E-state index in [1.54, 1.807) is 13.0 Å². The molecule has 1 saturated heterocycles. The lowest BCUT2D eigenvalue weighted by Gasteiger charge is -2.36. The molecule has 6 nitrogen and oxygen atoms in total. The molecule has 0 bridgehead atoms. The molecule has 200 valence electrons. The van der Waals surface area contributed by atoms with Crippen molar-refractivity contribution >= 4 is 17.5 Å². The summed E-state index contributed by atoms with van der Waals surface area (Å²) in [4.78, 5) is 30.0. The molecule has 8 heteroatoms. The standard InChI is InChI=1S/C29H37F2N3O3/c1-21(35)34-12-6-4-2-3-5-11-33(27-9-13-37-14-10-27)20-24-17-23(7-8-28(24)34)29(36)32-19-22-15-25(30)18-26(31)16-22/h7-8,15-18,27H,2-6,9-14,19-20H2,1H3,(H,32,36). The Bertz CT molecular complexity index is 1070. The molecule has 0 unspecified atom stereocenters. The zero-order chi connectivity index (χ0) is 26.2. The van der Waals surface area contributed by atoms with Crippen molar-refractivity contribution in [1.82, 2.24) is 10.2 Å². The fourth-order valence-electron chi connectivity index (χ4n) is 5.34. The van der Waals surface area contributed by atoms with Crippen molar-refractivity contribution in [2.75, 3.05) is 31.2 Å². The Hall–Kier alpha value is -2.84. The number of carbonyl (C=O) groups is 2. The average molecular weight is 514 g/mol. The van der Waals surface area contributed by atoms with E-state index < -0.39 is 11.6 Å². The Morgan fingerprint density at radius 3 is 2.32 bits per heavy atom. The highest BCUT2D eigenvalue weighted by molar-refractivity contribution is 5.97. The summed E-state index contributed by atoms with van der Waals surface area (Å²) in [7, 11) is 0. The lowest BCUT2D eigenvalue weighted by Crippen LogP contribution is -2.40. The van der Waals surface area contributed by atoms with Gasteiger partial charge in [0.2, 0.25) is 5.91 Å². The topological polar surface area (TPSA) is 61.9 Å². The zero-order valence-electron chi connectivity index (χ0n) is 21.6. The van der Waals surface area contributed by atoms with Gasteiger partial charge in [0.05, 0.1) is 0 Å². The molecule has 2 aromatic rings. The molecule has 37 heavy (non-hydrogen) atoms. The predicted octanol–water partition coefficient (Wildman–Crippen LogP) is 5.19. The van der Waals surface area contributed by atoms with Crippen LogP contribution >= 0.6 is 0 Å². The van der Waals surface area contributed by atoms with Gasteiger partial charge < -0.3 is 15.0 Å². The van der Waals surface area contributed by atoms with Gasteiger partial charge in [-0.2, -0.15) is 0 Å². The SMILES string of the molecule is CC(=O)N1CCCCCCCN(C2CCOCC2)Cc2cc(C(=O)NCc3cc(F)cc(F)c3)ccc21. The van der Waals surface area contributed by atoms with Gasteiger partial charge in [-0.3, -0.25) is 14.5 Å². The first-order valence-electron chi connectivity index (χ1n) is 13.4. The molecule has 2 aliphatic rings. The molecular formula is C29H37F2N3O3. The summed E-state index contributed by atoms with van der Waals surface area (Å²) in [6.07, 6.45) is 7.40. The number of ether oxygens (including phenoxy) is 1. The van der Waals surface area contributed by atoms with E-state index in [0.29, 0.717) is 30.3 Å². The summed E-state index contributed by atoms with van der Waals surface area (Å²) < 4.78 is 32.7. The van der Waals surface area contributed by atoms with Crippen molar-refractivity contribution in [1.29, 1.82) is 0 Å². The Kier molecular flexibility index (Phi) is 9.63. The Labute approximate surface area is 218 Å².